The quantitative estimate of drug-likeness (QED) is 0.250. The molecule has 1 heterocycles. The summed E-state index contributed by atoms with van der Waals surface area (Å²) in [6.07, 6.45) is -7.30. The van der Waals surface area contributed by atoms with E-state index in [1.807, 2.05) is 30.3 Å². The standard InChI is InChI=1S/C29H21F6N3O/c30-28(31,32)18-9-4-11-20(15-18)36-26-24(17-7-2-1-3-8-17)22-13-6-14-23(22)25(38-26)27(39)37-21-12-5-10-19(16-21)29(33,34)35/h1-5,7-12,15-16H,6,13-14H2,(H,36,38)(H,37,39). The molecule has 0 saturated carbocycles. The van der Waals surface area contributed by atoms with Gasteiger partial charge in [0.05, 0.1) is 11.1 Å². The lowest BCUT2D eigenvalue weighted by molar-refractivity contribution is -0.138. The number of rotatable bonds is 5. The minimum absolute atomic E-state index is 0.00840. The molecule has 1 amide bonds. The van der Waals surface area contributed by atoms with E-state index in [9.17, 15) is 31.1 Å². The second-order valence-corrected chi connectivity index (χ2v) is 9.10. The molecule has 0 fully saturated rings. The Hall–Kier alpha value is -4.34. The van der Waals surface area contributed by atoms with Crippen molar-refractivity contribution in [3.05, 3.63) is 107 Å². The molecule has 10 heteroatoms. The van der Waals surface area contributed by atoms with Crippen LogP contribution in [0.25, 0.3) is 11.1 Å². The van der Waals surface area contributed by atoms with Crippen LogP contribution in [0.15, 0.2) is 78.9 Å². The Morgan fingerprint density at radius 1 is 0.718 bits per heavy atom. The van der Waals surface area contributed by atoms with E-state index in [4.69, 9.17) is 0 Å². The summed E-state index contributed by atoms with van der Waals surface area (Å²) >= 11 is 0. The van der Waals surface area contributed by atoms with E-state index in [-0.39, 0.29) is 22.9 Å². The van der Waals surface area contributed by atoms with Crippen LogP contribution in [0.1, 0.15) is 39.2 Å². The van der Waals surface area contributed by atoms with Crippen LogP contribution in [0, 0.1) is 0 Å². The normalized spacial score (nSPS) is 13.2. The molecule has 0 saturated heterocycles. The van der Waals surface area contributed by atoms with Crippen LogP contribution >= 0.6 is 0 Å². The number of anilines is 3. The summed E-state index contributed by atoms with van der Waals surface area (Å²) in [4.78, 5) is 17.9. The highest BCUT2D eigenvalue weighted by molar-refractivity contribution is 6.05. The highest BCUT2D eigenvalue weighted by Crippen LogP contribution is 2.40. The highest BCUT2D eigenvalue weighted by atomic mass is 19.4. The fourth-order valence-corrected chi connectivity index (χ4v) is 4.73. The molecule has 0 aliphatic heterocycles. The first kappa shape index (κ1) is 26.3. The highest BCUT2D eigenvalue weighted by Gasteiger charge is 2.32. The van der Waals surface area contributed by atoms with Gasteiger partial charge in [0.2, 0.25) is 0 Å². The number of hydrogen-bond donors (Lipinski definition) is 2. The molecule has 0 bridgehead atoms. The molecule has 5 rings (SSSR count). The number of halogens is 6. The first-order valence-corrected chi connectivity index (χ1v) is 12.0. The molecule has 1 aliphatic rings. The predicted octanol–water partition coefficient (Wildman–Crippen LogP) is 8.27. The van der Waals surface area contributed by atoms with Gasteiger partial charge in [-0.15, -0.1) is 0 Å². The van der Waals surface area contributed by atoms with Gasteiger partial charge in [-0.25, -0.2) is 4.98 Å². The molecule has 0 radical (unpaired) electrons. The Kier molecular flexibility index (Phi) is 6.80. The molecule has 2 N–H and O–H groups in total. The maximum Gasteiger partial charge on any atom is 0.416 e. The summed E-state index contributed by atoms with van der Waals surface area (Å²) in [7, 11) is 0. The Balaban J connectivity index is 1.60. The average molecular weight is 541 g/mol. The average Bonchev–Trinajstić information content (AvgIpc) is 3.38. The van der Waals surface area contributed by atoms with Gasteiger partial charge in [0.25, 0.3) is 5.91 Å². The smallest absolute Gasteiger partial charge is 0.340 e. The summed E-state index contributed by atoms with van der Waals surface area (Å²) in [6, 6.07) is 18.0. The molecule has 0 unspecified atom stereocenters. The summed E-state index contributed by atoms with van der Waals surface area (Å²) in [5, 5.41) is 5.46. The summed E-state index contributed by atoms with van der Waals surface area (Å²) < 4.78 is 79.5. The Labute approximate surface area is 219 Å². The minimum Gasteiger partial charge on any atom is -0.340 e. The molecule has 1 aromatic heterocycles. The summed E-state index contributed by atoms with van der Waals surface area (Å²) in [5.74, 6) is -0.533. The van der Waals surface area contributed by atoms with Crippen molar-refractivity contribution in [2.24, 2.45) is 0 Å². The molecule has 4 aromatic rings. The zero-order valence-electron chi connectivity index (χ0n) is 20.3. The number of carbonyl (C=O) groups excluding carboxylic acids is 1. The number of hydrogen-bond acceptors (Lipinski definition) is 3. The fraction of sp³-hybridized carbons (Fsp3) is 0.172. The number of nitrogens with one attached hydrogen (secondary N) is 2. The van der Waals surface area contributed by atoms with Gasteiger partial charge in [0.15, 0.2) is 0 Å². The van der Waals surface area contributed by atoms with Gasteiger partial charge in [-0.2, -0.15) is 26.3 Å². The van der Waals surface area contributed by atoms with Crippen LogP contribution in [0.2, 0.25) is 0 Å². The molecule has 1 aliphatic carbocycles. The van der Waals surface area contributed by atoms with Crippen molar-refractivity contribution in [1.82, 2.24) is 4.98 Å². The molecule has 200 valence electrons. The fourth-order valence-electron chi connectivity index (χ4n) is 4.73. The third kappa shape index (κ3) is 5.59. The first-order valence-electron chi connectivity index (χ1n) is 12.0. The van der Waals surface area contributed by atoms with E-state index in [0.717, 1.165) is 35.4 Å². The number of carbonyl (C=O) groups is 1. The monoisotopic (exact) mass is 541 g/mol. The van der Waals surface area contributed by atoms with E-state index in [0.29, 0.717) is 30.4 Å². The van der Waals surface area contributed by atoms with E-state index >= 15 is 0 Å². The lowest BCUT2D eigenvalue weighted by atomic mass is 9.96. The van der Waals surface area contributed by atoms with Crippen LogP contribution in [-0.4, -0.2) is 10.9 Å². The van der Waals surface area contributed by atoms with Crippen molar-refractivity contribution in [2.75, 3.05) is 10.6 Å². The maximum absolute atomic E-state index is 13.3. The number of nitrogens with zero attached hydrogens (tertiary/aromatic N) is 1. The van der Waals surface area contributed by atoms with Gasteiger partial charge >= 0.3 is 12.4 Å². The number of fused-ring (bicyclic) bond motifs is 1. The van der Waals surface area contributed by atoms with Crippen LogP contribution in [-0.2, 0) is 25.2 Å². The largest absolute Gasteiger partial charge is 0.416 e. The van der Waals surface area contributed by atoms with Crippen LogP contribution in [0.3, 0.4) is 0 Å². The molecular formula is C29H21F6N3O. The van der Waals surface area contributed by atoms with Crippen molar-refractivity contribution in [3.8, 4) is 11.1 Å². The Bertz CT molecular complexity index is 1530. The van der Waals surface area contributed by atoms with Crippen molar-refractivity contribution in [2.45, 2.75) is 31.6 Å². The van der Waals surface area contributed by atoms with E-state index in [1.165, 1.54) is 24.3 Å². The molecule has 0 spiro atoms. The van der Waals surface area contributed by atoms with Crippen molar-refractivity contribution >= 4 is 23.1 Å². The second kappa shape index (κ2) is 10.1. The Morgan fingerprint density at radius 3 is 1.95 bits per heavy atom. The predicted molar refractivity (Wildman–Crippen MR) is 136 cm³/mol. The lowest BCUT2D eigenvalue weighted by Crippen LogP contribution is -2.18. The van der Waals surface area contributed by atoms with Crippen LogP contribution in [0.5, 0.6) is 0 Å². The number of amides is 1. The zero-order valence-corrected chi connectivity index (χ0v) is 20.3. The number of alkyl halides is 6. The van der Waals surface area contributed by atoms with Gasteiger partial charge in [-0.3, -0.25) is 4.79 Å². The minimum atomic E-state index is -4.58. The first-order chi connectivity index (χ1) is 18.5. The number of benzene rings is 3. The van der Waals surface area contributed by atoms with Crippen molar-refractivity contribution in [1.29, 1.82) is 0 Å². The molecule has 4 nitrogen and oxygen atoms in total. The molecule has 0 atom stereocenters. The lowest BCUT2D eigenvalue weighted by Gasteiger charge is -2.19. The van der Waals surface area contributed by atoms with Crippen molar-refractivity contribution < 1.29 is 31.1 Å². The third-order valence-electron chi connectivity index (χ3n) is 6.44. The van der Waals surface area contributed by atoms with Gasteiger partial charge < -0.3 is 10.6 Å². The zero-order chi connectivity index (χ0) is 27.8. The molecule has 3 aromatic carbocycles. The van der Waals surface area contributed by atoms with Crippen molar-refractivity contribution in [3.63, 3.8) is 0 Å². The van der Waals surface area contributed by atoms with Crippen LogP contribution < -0.4 is 10.6 Å². The number of pyridine rings is 1. The van der Waals surface area contributed by atoms with E-state index in [1.54, 1.807) is 0 Å². The van der Waals surface area contributed by atoms with Gasteiger partial charge in [-0.1, -0.05) is 42.5 Å². The summed E-state index contributed by atoms with van der Waals surface area (Å²) in [6.45, 7) is 0. The summed E-state index contributed by atoms with van der Waals surface area (Å²) in [5.41, 5.74) is 1.22. The third-order valence-corrected chi connectivity index (χ3v) is 6.44. The van der Waals surface area contributed by atoms with Gasteiger partial charge in [0, 0.05) is 16.9 Å². The van der Waals surface area contributed by atoms with Crippen LogP contribution in [0.4, 0.5) is 43.5 Å². The second-order valence-electron chi connectivity index (χ2n) is 9.10. The van der Waals surface area contributed by atoms with Gasteiger partial charge in [-0.05, 0) is 72.4 Å². The van der Waals surface area contributed by atoms with Gasteiger partial charge in [0.1, 0.15) is 11.5 Å². The molecule has 39 heavy (non-hydrogen) atoms. The van der Waals surface area contributed by atoms with E-state index < -0.39 is 29.4 Å². The SMILES string of the molecule is O=C(Nc1cccc(C(F)(F)F)c1)c1nc(Nc2cccc(C(F)(F)F)c2)c(-c2ccccc2)c2c1CCC2. The topological polar surface area (TPSA) is 54.0 Å². The van der Waals surface area contributed by atoms with E-state index in [2.05, 4.69) is 15.6 Å². The molecular weight excluding hydrogens is 520 g/mol. The number of aromatic nitrogens is 1. The Morgan fingerprint density at radius 2 is 1.31 bits per heavy atom. The maximum atomic E-state index is 13.3.